The van der Waals surface area contributed by atoms with Gasteiger partial charge in [-0.2, -0.15) is 5.26 Å². The van der Waals surface area contributed by atoms with E-state index < -0.39 is 5.97 Å². The predicted molar refractivity (Wildman–Crippen MR) is 114 cm³/mol. The number of hydrogen-bond acceptors (Lipinski definition) is 7. The van der Waals surface area contributed by atoms with E-state index in [-0.39, 0.29) is 30.1 Å². The zero-order chi connectivity index (χ0) is 22.2. The first-order valence-corrected chi connectivity index (χ1v) is 10.0. The second-order valence-corrected chi connectivity index (χ2v) is 6.61. The summed E-state index contributed by atoms with van der Waals surface area (Å²) < 4.78 is 17.8. The van der Waals surface area contributed by atoms with E-state index >= 15 is 0 Å². The highest BCUT2D eigenvalue weighted by atomic mass is 16.5. The number of carbonyl (C=O) groups excluding carboxylic acids is 1. The van der Waals surface area contributed by atoms with E-state index in [9.17, 15) is 9.59 Å². The van der Waals surface area contributed by atoms with Crippen molar-refractivity contribution in [1.29, 1.82) is 5.26 Å². The van der Waals surface area contributed by atoms with E-state index in [0.717, 1.165) is 6.42 Å². The number of carbonyl (C=O) groups is 1. The Bertz CT molecular complexity index is 1180. The topological polar surface area (TPSA) is 103 Å². The minimum absolute atomic E-state index is 0.193. The number of hydrogen-bond donors (Lipinski definition) is 0. The van der Waals surface area contributed by atoms with Crippen LogP contribution in [0.15, 0.2) is 47.3 Å². The minimum Gasteiger partial charge on any atom is -0.490 e. The van der Waals surface area contributed by atoms with E-state index in [1.807, 2.05) is 19.9 Å². The third-order valence-corrected chi connectivity index (χ3v) is 4.44. The lowest BCUT2D eigenvalue weighted by Gasteiger charge is -2.14. The molecule has 0 radical (unpaired) electrons. The molecule has 31 heavy (non-hydrogen) atoms. The Balaban J connectivity index is 1.84. The summed E-state index contributed by atoms with van der Waals surface area (Å²) in [7, 11) is 0. The number of ether oxygens (including phenoxy) is 3. The van der Waals surface area contributed by atoms with Gasteiger partial charge in [0.25, 0.3) is 5.56 Å². The third-order valence-electron chi connectivity index (χ3n) is 4.44. The summed E-state index contributed by atoms with van der Waals surface area (Å²) in [5.41, 5.74) is 0.403. The van der Waals surface area contributed by atoms with Gasteiger partial charge < -0.3 is 14.2 Å². The number of aromatic nitrogens is 2. The molecular weight excluding hydrogens is 398 g/mol. The Morgan fingerprint density at radius 3 is 2.68 bits per heavy atom. The molecule has 0 atom stereocenters. The molecule has 0 aliphatic heterocycles. The largest absolute Gasteiger partial charge is 0.490 e. The first kappa shape index (κ1) is 21.8. The molecule has 160 valence electrons. The maximum Gasteiger partial charge on any atom is 0.338 e. The Morgan fingerprint density at radius 1 is 1.13 bits per heavy atom. The molecule has 2 aromatic carbocycles. The van der Waals surface area contributed by atoms with Gasteiger partial charge in [-0.15, -0.1) is 0 Å². The molecule has 8 nitrogen and oxygen atoms in total. The summed E-state index contributed by atoms with van der Waals surface area (Å²) in [6.07, 6.45) is 0.846. The maximum absolute atomic E-state index is 12.7. The van der Waals surface area contributed by atoms with Crippen LogP contribution in [0.5, 0.6) is 11.5 Å². The van der Waals surface area contributed by atoms with Crippen molar-refractivity contribution in [2.45, 2.75) is 33.4 Å². The molecule has 8 heteroatoms. The molecule has 0 fully saturated rings. The van der Waals surface area contributed by atoms with Gasteiger partial charge in [-0.05, 0) is 43.7 Å². The maximum atomic E-state index is 12.7. The van der Waals surface area contributed by atoms with Crippen LogP contribution >= 0.6 is 0 Å². The van der Waals surface area contributed by atoms with Crippen LogP contribution in [0.25, 0.3) is 10.9 Å². The van der Waals surface area contributed by atoms with Crippen LogP contribution in [0.2, 0.25) is 0 Å². The average molecular weight is 421 g/mol. The van der Waals surface area contributed by atoms with Gasteiger partial charge in [-0.25, -0.2) is 9.78 Å². The lowest BCUT2D eigenvalue weighted by molar-refractivity contribution is 0.0456. The van der Waals surface area contributed by atoms with Crippen LogP contribution in [-0.4, -0.2) is 28.7 Å². The van der Waals surface area contributed by atoms with Crippen LogP contribution in [0.4, 0.5) is 0 Å². The predicted octanol–water partition coefficient (Wildman–Crippen LogP) is 3.46. The molecule has 0 amide bonds. The van der Waals surface area contributed by atoms with Gasteiger partial charge in [0.2, 0.25) is 0 Å². The van der Waals surface area contributed by atoms with Gasteiger partial charge in [-0.3, -0.25) is 9.36 Å². The van der Waals surface area contributed by atoms with Crippen LogP contribution < -0.4 is 15.0 Å². The number of rotatable bonds is 9. The van der Waals surface area contributed by atoms with Crippen LogP contribution in [0.3, 0.4) is 0 Å². The van der Waals surface area contributed by atoms with Crippen LogP contribution in [-0.2, 0) is 17.9 Å². The Kier molecular flexibility index (Phi) is 7.22. The summed E-state index contributed by atoms with van der Waals surface area (Å²) in [6.45, 7) is 4.35. The van der Waals surface area contributed by atoms with Gasteiger partial charge in [0.15, 0.2) is 17.3 Å². The monoisotopic (exact) mass is 421 g/mol. The minimum atomic E-state index is -0.603. The molecule has 3 rings (SSSR count). The summed E-state index contributed by atoms with van der Waals surface area (Å²) in [4.78, 5) is 29.7. The van der Waals surface area contributed by atoms with Crippen molar-refractivity contribution in [2.75, 3.05) is 13.2 Å². The standard InChI is InChI=1S/C23H23N3O5/c1-3-13-30-19-10-9-16(14-20(19)29-4-2)23(28)31-15-21-25-18-8-6-5-7-17(18)22(27)26(21)12-11-24/h5-10,14H,3-4,12-13,15H2,1-2H3. The number of nitrogens with zero attached hydrogens (tertiary/aromatic N) is 3. The molecule has 0 saturated heterocycles. The zero-order valence-electron chi connectivity index (χ0n) is 17.5. The van der Waals surface area contributed by atoms with Gasteiger partial charge in [-0.1, -0.05) is 19.1 Å². The van der Waals surface area contributed by atoms with Crippen molar-refractivity contribution in [2.24, 2.45) is 0 Å². The van der Waals surface area contributed by atoms with E-state index in [1.54, 1.807) is 42.5 Å². The normalized spacial score (nSPS) is 10.5. The third kappa shape index (κ3) is 5.01. The van der Waals surface area contributed by atoms with Crippen LogP contribution in [0, 0.1) is 11.3 Å². The summed E-state index contributed by atoms with van der Waals surface area (Å²) in [5.74, 6) is 0.607. The number of nitriles is 1. The number of benzene rings is 2. The number of para-hydroxylation sites is 1. The van der Waals surface area contributed by atoms with E-state index in [2.05, 4.69) is 4.98 Å². The lowest BCUT2D eigenvalue weighted by atomic mass is 10.2. The fourth-order valence-corrected chi connectivity index (χ4v) is 3.01. The highest BCUT2D eigenvalue weighted by Crippen LogP contribution is 2.29. The summed E-state index contributed by atoms with van der Waals surface area (Å²) in [6, 6.07) is 13.6. The highest BCUT2D eigenvalue weighted by molar-refractivity contribution is 5.90. The highest BCUT2D eigenvalue weighted by Gasteiger charge is 2.16. The summed E-state index contributed by atoms with van der Waals surface area (Å²) >= 11 is 0. The number of fused-ring (bicyclic) bond motifs is 1. The average Bonchev–Trinajstić information content (AvgIpc) is 2.79. The van der Waals surface area contributed by atoms with Crippen LogP contribution in [0.1, 0.15) is 36.5 Å². The molecule has 0 aliphatic rings. The molecule has 0 N–H and O–H groups in total. The van der Waals surface area contributed by atoms with Crippen molar-refractivity contribution >= 4 is 16.9 Å². The number of esters is 1. The molecule has 0 aliphatic carbocycles. The van der Waals surface area contributed by atoms with Crippen molar-refractivity contribution in [3.05, 3.63) is 64.2 Å². The van der Waals surface area contributed by atoms with E-state index in [1.165, 1.54) is 4.57 Å². The van der Waals surface area contributed by atoms with E-state index in [0.29, 0.717) is 35.6 Å². The Labute approximate surface area is 179 Å². The van der Waals surface area contributed by atoms with Gasteiger partial charge in [0.05, 0.1) is 35.7 Å². The Morgan fingerprint density at radius 2 is 1.94 bits per heavy atom. The smallest absolute Gasteiger partial charge is 0.338 e. The zero-order valence-corrected chi connectivity index (χ0v) is 17.5. The first-order valence-electron chi connectivity index (χ1n) is 10.0. The second kappa shape index (κ2) is 10.3. The fourth-order valence-electron chi connectivity index (χ4n) is 3.01. The molecule has 1 heterocycles. The molecule has 0 bridgehead atoms. The first-order chi connectivity index (χ1) is 15.1. The summed E-state index contributed by atoms with van der Waals surface area (Å²) in [5, 5.41) is 9.49. The lowest BCUT2D eigenvalue weighted by Crippen LogP contribution is -2.26. The molecule has 0 saturated carbocycles. The van der Waals surface area contributed by atoms with Crippen molar-refractivity contribution in [1.82, 2.24) is 9.55 Å². The van der Waals surface area contributed by atoms with Crippen molar-refractivity contribution in [3.63, 3.8) is 0 Å². The quantitative estimate of drug-likeness (QED) is 0.487. The van der Waals surface area contributed by atoms with Gasteiger partial charge in [0.1, 0.15) is 13.2 Å². The molecule has 0 spiro atoms. The van der Waals surface area contributed by atoms with Crippen molar-refractivity contribution in [3.8, 4) is 17.6 Å². The van der Waals surface area contributed by atoms with Gasteiger partial charge in [0, 0.05) is 0 Å². The van der Waals surface area contributed by atoms with E-state index in [4.69, 9.17) is 19.5 Å². The van der Waals surface area contributed by atoms with Crippen molar-refractivity contribution < 1.29 is 19.0 Å². The SMILES string of the molecule is CCCOc1ccc(C(=O)OCc2nc3ccccc3c(=O)n2CC#N)cc1OCC. The molecule has 3 aromatic rings. The molecule has 1 aromatic heterocycles. The Hall–Kier alpha value is -3.86. The second-order valence-electron chi connectivity index (χ2n) is 6.61. The molecular formula is C23H23N3O5. The fraction of sp³-hybridized carbons (Fsp3) is 0.304. The molecule has 0 unspecified atom stereocenters. The van der Waals surface area contributed by atoms with Gasteiger partial charge >= 0.3 is 5.97 Å².